The molecule has 1 heterocycles. The highest BCUT2D eigenvalue weighted by atomic mass is 35.5. The van der Waals surface area contributed by atoms with Crippen LogP contribution in [0, 0.1) is 18.8 Å². The van der Waals surface area contributed by atoms with E-state index in [0.717, 1.165) is 31.2 Å². The molecule has 6 heteroatoms. The molecule has 0 bridgehead atoms. The molecule has 0 spiro atoms. The van der Waals surface area contributed by atoms with Crippen LogP contribution in [0.4, 0.5) is 11.4 Å². The largest absolute Gasteiger partial charge is 0.322 e. The first-order chi connectivity index (χ1) is 13.5. The van der Waals surface area contributed by atoms with Gasteiger partial charge in [-0.3, -0.25) is 19.3 Å². The predicted octanol–water partition coefficient (Wildman–Crippen LogP) is 4.58. The monoisotopic (exact) mass is 396 g/mol. The number of hydrogen-bond donors (Lipinski definition) is 1. The van der Waals surface area contributed by atoms with Gasteiger partial charge in [-0.2, -0.15) is 0 Å². The Kier molecular flexibility index (Phi) is 4.94. The average molecular weight is 397 g/mol. The number of nitrogens with zero attached hydrogens (tertiary/aromatic N) is 1. The van der Waals surface area contributed by atoms with Crippen LogP contribution in [0.25, 0.3) is 0 Å². The Morgan fingerprint density at radius 1 is 1.04 bits per heavy atom. The highest BCUT2D eigenvalue weighted by molar-refractivity contribution is 6.31. The molecule has 0 radical (unpaired) electrons. The highest BCUT2D eigenvalue weighted by Crippen LogP contribution is 2.40. The Hall–Kier alpha value is -2.66. The van der Waals surface area contributed by atoms with Crippen molar-refractivity contribution in [2.45, 2.75) is 32.6 Å². The number of imide groups is 1. The number of halogens is 1. The van der Waals surface area contributed by atoms with E-state index in [0.29, 0.717) is 22.0 Å². The molecule has 144 valence electrons. The number of aryl methyl sites for hydroxylation is 1. The second-order valence-corrected chi connectivity index (χ2v) is 7.91. The molecule has 2 fully saturated rings. The van der Waals surface area contributed by atoms with Crippen LogP contribution in [0.1, 0.15) is 41.6 Å². The fraction of sp³-hybridized carbons (Fsp3) is 0.318. The zero-order valence-electron chi connectivity index (χ0n) is 15.6. The Morgan fingerprint density at radius 3 is 2.39 bits per heavy atom. The van der Waals surface area contributed by atoms with Crippen LogP contribution in [0.5, 0.6) is 0 Å². The van der Waals surface area contributed by atoms with Crippen molar-refractivity contribution >= 4 is 40.7 Å². The van der Waals surface area contributed by atoms with Crippen molar-refractivity contribution in [1.29, 1.82) is 0 Å². The summed E-state index contributed by atoms with van der Waals surface area (Å²) in [6.45, 7) is 1.88. The van der Waals surface area contributed by atoms with E-state index in [1.165, 1.54) is 4.90 Å². The number of fused-ring (bicyclic) bond motifs is 1. The van der Waals surface area contributed by atoms with E-state index in [2.05, 4.69) is 5.32 Å². The normalized spacial score (nSPS) is 21.6. The van der Waals surface area contributed by atoms with Gasteiger partial charge in [0.05, 0.1) is 17.5 Å². The van der Waals surface area contributed by atoms with Crippen LogP contribution in [0.15, 0.2) is 42.5 Å². The Labute approximate surface area is 168 Å². The smallest absolute Gasteiger partial charge is 0.255 e. The van der Waals surface area contributed by atoms with E-state index in [4.69, 9.17) is 11.6 Å². The molecule has 1 aliphatic carbocycles. The summed E-state index contributed by atoms with van der Waals surface area (Å²) in [6, 6.07) is 11.9. The molecule has 3 amide bonds. The maximum absolute atomic E-state index is 12.8. The van der Waals surface area contributed by atoms with Crippen LogP contribution in [-0.4, -0.2) is 17.7 Å². The first-order valence-corrected chi connectivity index (χ1v) is 9.89. The van der Waals surface area contributed by atoms with Gasteiger partial charge in [0, 0.05) is 16.3 Å². The molecule has 2 aliphatic rings. The first-order valence-electron chi connectivity index (χ1n) is 9.51. The Balaban J connectivity index is 1.59. The number of nitrogens with one attached hydrogen (secondary N) is 1. The number of benzene rings is 2. The van der Waals surface area contributed by atoms with Gasteiger partial charge in [-0.05, 0) is 55.7 Å². The van der Waals surface area contributed by atoms with Crippen LogP contribution >= 0.6 is 11.6 Å². The van der Waals surface area contributed by atoms with Crippen molar-refractivity contribution in [2.75, 3.05) is 10.2 Å². The summed E-state index contributed by atoms with van der Waals surface area (Å²) in [7, 11) is 0. The maximum atomic E-state index is 12.8. The van der Waals surface area contributed by atoms with Gasteiger partial charge in [0.2, 0.25) is 11.8 Å². The van der Waals surface area contributed by atoms with Gasteiger partial charge < -0.3 is 5.32 Å². The minimum atomic E-state index is -0.316. The summed E-state index contributed by atoms with van der Waals surface area (Å²) >= 11 is 6.02. The van der Waals surface area contributed by atoms with E-state index in [1.807, 2.05) is 13.0 Å². The molecule has 0 unspecified atom stereocenters. The molecule has 4 rings (SSSR count). The van der Waals surface area contributed by atoms with Crippen LogP contribution in [-0.2, 0) is 9.59 Å². The molecule has 28 heavy (non-hydrogen) atoms. The fourth-order valence-electron chi connectivity index (χ4n) is 4.13. The van der Waals surface area contributed by atoms with Crippen molar-refractivity contribution in [3.8, 4) is 0 Å². The standard InChI is InChI=1S/C22H21ClN2O3/c1-13-9-10-15(23)12-19(13)24-20(26)14-5-4-6-16(11-14)25-21(27)17-7-2-3-8-18(17)22(25)28/h4-6,9-12,17-18H,2-3,7-8H2,1H3,(H,24,26)/t17-,18-/m1/s1. The number of amides is 3. The molecular formula is C22H21ClN2O3. The molecule has 2 aromatic rings. The molecule has 1 N–H and O–H groups in total. The lowest BCUT2D eigenvalue weighted by molar-refractivity contribution is -0.122. The maximum Gasteiger partial charge on any atom is 0.255 e. The van der Waals surface area contributed by atoms with Crippen molar-refractivity contribution in [1.82, 2.24) is 0 Å². The van der Waals surface area contributed by atoms with E-state index >= 15 is 0 Å². The van der Waals surface area contributed by atoms with Gasteiger partial charge in [0.15, 0.2) is 0 Å². The predicted molar refractivity (Wildman–Crippen MR) is 109 cm³/mol. The lowest BCUT2D eigenvalue weighted by Gasteiger charge is -2.19. The molecular weight excluding hydrogens is 376 g/mol. The Bertz CT molecular complexity index is 948. The van der Waals surface area contributed by atoms with Gasteiger partial charge in [-0.15, -0.1) is 0 Å². The Morgan fingerprint density at radius 2 is 1.71 bits per heavy atom. The number of carbonyl (C=O) groups excluding carboxylic acids is 3. The summed E-state index contributed by atoms with van der Waals surface area (Å²) < 4.78 is 0. The fourth-order valence-corrected chi connectivity index (χ4v) is 4.30. The topological polar surface area (TPSA) is 66.5 Å². The van der Waals surface area contributed by atoms with Gasteiger partial charge in [0.25, 0.3) is 5.91 Å². The summed E-state index contributed by atoms with van der Waals surface area (Å²) in [4.78, 5) is 39.6. The lowest BCUT2D eigenvalue weighted by atomic mass is 9.81. The van der Waals surface area contributed by atoms with Gasteiger partial charge in [0.1, 0.15) is 0 Å². The van der Waals surface area contributed by atoms with Gasteiger partial charge >= 0.3 is 0 Å². The van der Waals surface area contributed by atoms with Crippen molar-refractivity contribution in [2.24, 2.45) is 11.8 Å². The molecule has 5 nitrogen and oxygen atoms in total. The number of carbonyl (C=O) groups is 3. The van der Waals surface area contributed by atoms with Crippen LogP contribution in [0.2, 0.25) is 5.02 Å². The third-order valence-corrected chi connectivity index (χ3v) is 5.89. The SMILES string of the molecule is Cc1ccc(Cl)cc1NC(=O)c1cccc(N2C(=O)[C@@H]3CCCC[C@H]3C2=O)c1. The second-order valence-electron chi connectivity index (χ2n) is 7.47. The minimum Gasteiger partial charge on any atom is -0.322 e. The third kappa shape index (κ3) is 3.31. The summed E-state index contributed by atoms with van der Waals surface area (Å²) in [5, 5.41) is 3.38. The van der Waals surface area contributed by atoms with E-state index in [-0.39, 0.29) is 29.6 Å². The molecule has 2 aromatic carbocycles. The third-order valence-electron chi connectivity index (χ3n) is 5.66. The van der Waals surface area contributed by atoms with Gasteiger partial charge in [-0.25, -0.2) is 0 Å². The number of rotatable bonds is 3. The van der Waals surface area contributed by atoms with E-state index in [9.17, 15) is 14.4 Å². The molecule has 0 aromatic heterocycles. The van der Waals surface area contributed by atoms with Crippen molar-refractivity contribution in [3.05, 3.63) is 58.6 Å². The second kappa shape index (κ2) is 7.40. The number of hydrogen-bond acceptors (Lipinski definition) is 3. The lowest BCUT2D eigenvalue weighted by Crippen LogP contribution is -2.31. The van der Waals surface area contributed by atoms with E-state index < -0.39 is 0 Å². The zero-order valence-corrected chi connectivity index (χ0v) is 16.3. The van der Waals surface area contributed by atoms with Crippen molar-refractivity contribution in [3.63, 3.8) is 0 Å². The average Bonchev–Trinajstić information content (AvgIpc) is 2.95. The summed E-state index contributed by atoms with van der Waals surface area (Å²) in [5.41, 5.74) is 2.36. The first kappa shape index (κ1) is 18.7. The molecule has 1 saturated heterocycles. The summed E-state index contributed by atoms with van der Waals surface area (Å²) in [5.74, 6) is -1.03. The molecule has 2 atom stereocenters. The van der Waals surface area contributed by atoms with Crippen molar-refractivity contribution < 1.29 is 14.4 Å². The minimum absolute atomic E-state index is 0.141. The molecule has 1 saturated carbocycles. The van der Waals surface area contributed by atoms with E-state index in [1.54, 1.807) is 36.4 Å². The number of anilines is 2. The zero-order chi connectivity index (χ0) is 19.8. The highest BCUT2D eigenvalue weighted by Gasteiger charge is 2.48. The van der Waals surface area contributed by atoms with Gasteiger partial charge in [-0.1, -0.05) is 36.6 Å². The van der Waals surface area contributed by atoms with Crippen LogP contribution < -0.4 is 10.2 Å². The quantitative estimate of drug-likeness (QED) is 0.772. The summed E-state index contributed by atoms with van der Waals surface area (Å²) in [6.07, 6.45) is 3.49. The molecule has 1 aliphatic heterocycles. The van der Waals surface area contributed by atoms with Crippen LogP contribution in [0.3, 0.4) is 0 Å².